The van der Waals surface area contributed by atoms with Crippen LogP contribution in [0.5, 0.6) is 0 Å². The highest BCUT2D eigenvalue weighted by molar-refractivity contribution is 6.31. The van der Waals surface area contributed by atoms with Gasteiger partial charge in [-0.15, -0.1) is 0 Å². The van der Waals surface area contributed by atoms with Gasteiger partial charge in [0.25, 0.3) is 5.91 Å². The molecule has 0 fully saturated rings. The van der Waals surface area contributed by atoms with E-state index in [0.29, 0.717) is 0 Å². The number of benzene rings is 2. The minimum Gasteiger partial charge on any atom is -0.478 e. The number of carboxylic acid groups (broad SMARTS) is 1. The Morgan fingerprint density at radius 1 is 1.15 bits per heavy atom. The number of alkyl halides is 3. The third-order valence-electron chi connectivity index (χ3n) is 3.42. The Labute approximate surface area is 151 Å². The summed E-state index contributed by atoms with van der Waals surface area (Å²) >= 11 is 5.81. The van der Waals surface area contributed by atoms with Gasteiger partial charge in [0.05, 0.1) is 16.8 Å². The minimum atomic E-state index is -4.49. The van der Waals surface area contributed by atoms with Crippen LogP contribution in [0.25, 0.3) is 6.08 Å². The number of carbonyl (C=O) groups excluding carboxylic acids is 1. The van der Waals surface area contributed by atoms with Gasteiger partial charge in [0, 0.05) is 10.6 Å². The van der Waals surface area contributed by atoms with Crippen LogP contribution in [0.3, 0.4) is 0 Å². The van der Waals surface area contributed by atoms with Crippen molar-refractivity contribution in [2.45, 2.75) is 13.1 Å². The molecule has 0 aliphatic carbocycles. The summed E-state index contributed by atoms with van der Waals surface area (Å²) in [6.45, 7) is 1.40. The number of amides is 1. The first-order valence-corrected chi connectivity index (χ1v) is 7.65. The van der Waals surface area contributed by atoms with Crippen LogP contribution < -0.4 is 5.32 Å². The summed E-state index contributed by atoms with van der Waals surface area (Å²) in [5.41, 5.74) is -0.707. The highest BCUT2D eigenvalue weighted by atomic mass is 35.5. The molecule has 0 spiro atoms. The summed E-state index contributed by atoms with van der Waals surface area (Å²) in [5, 5.41) is 11.8. The number of carbonyl (C=O) groups is 2. The Kier molecular flexibility index (Phi) is 5.72. The highest BCUT2D eigenvalue weighted by Gasteiger charge is 2.30. The second-order valence-electron chi connectivity index (χ2n) is 5.40. The number of halogens is 4. The van der Waals surface area contributed by atoms with E-state index in [0.717, 1.165) is 12.1 Å². The molecule has 0 bridgehead atoms. The molecule has 1 amide bonds. The van der Waals surface area contributed by atoms with Crippen molar-refractivity contribution in [3.8, 4) is 0 Å². The molecule has 2 N–H and O–H groups in total. The first-order chi connectivity index (χ1) is 12.1. The molecule has 2 aromatic rings. The minimum absolute atomic E-state index is 0.00760. The maximum absolute atomic E-state index is 12.7. The van der Waals surface area contributed by atoms with Crippen molar-refractivity contribution in [3.63, 3.8) is 0 Å². The third kappa shape index (κ3) is 4.86. The molecule has 0 aromatic heterocycles. The monoisotopic (exact) mass is 383 g/mol. The fourth-order valence-electron chi connectivity index (χ4n) is 2.15. The second kappa shape index (κ2) is 7.61. The summed E-state index contributed by atoms with van der Waals surface area (Å²) in [6, 6.07) is 8.39. The van der Waals surface area contributed by atoms with Gasteiger partial charge < -0.3 is 10.4 Å². The number of aromatic carboxylic acids is 1. The predicted octanol–water partition coefficient (Wildman–Crippen LogP) is 5.10. The van der Waals surface area contributed by atoms with E-state index in [2.05, 4.69) is 5.32 Å². The van der Waals surface area contributed by atoms with E-state index in [4.69, 9.17) is 16.7 Å². The van der Waals surface area contributed by atoms with Crippen molar-refractivity contribution in [1.82, 2.24) is 0 Å². The van der Waals surface area contributed by atoms with Gasteiger partial charge in [0.1, 0.15) is 0 Å². The quantitative estimate of drug-likeness (QED) is 0.722. The number of carboxylic acids is 1. The molecule has 2 aromatic carbocycles. The van der Waals surface area contributed by atoms with Crippen molar-refractivity contribution >= 4 is 35.2 Å². The highest BCUT2D eigenvalue weighted by Crippen LogP contribution is 2.30. The zero-order valence-corrected chi connectivity index (χ0v) is 14.2. The molecule has 0 atom stereocenters. The van der Waals surface area contributed by atoms with Crippen molar-refractivity contribution in [1.29, 1.82) is 0 Å². The van der Waals surface area contributed by atoms with Crippen molar-refractivity contribution in [2.75, 3.05) is 5.32 Å². The Morgan fingerprint density at radius 3 is 2.46 bits per heavy atom. The fourth-order valence-corrected chi connectivity index (χ4v) is 2.32. The SMILES string of the molecule is CC(=Cc1cccc(C(F)(F)F)c1)C(=O)Nc1cc(Cl)ccc1C(=O)O. The van der Waals surface area contributed by atoms with E-state index >= 15 is 0 Å². The predicted molar refractivity (Wildman–Crippen MR) is 92.1 cm³/mol. The Balaban J connectivity index is 2.27. The molecule has 0 saturated carbocycles. The summed E-state index contributed by atoms with van der Waals surface area (Å²) in [6.07, 6.45) is -3.22. The Hall–Kier alpha value is -2.80. The first kappa shape index (κ1) is 19.5. The van der Waals surface area contributed by atoms with Crippen LogP contribution >= 0.6 is 11.6 Å². The molecule has 0 saturated heterocycles. The molecule has 0 aliphatic rings. The van der Waals surface area contributed by atoms with Crippen LogP contribution in [0.4, 0.5) is 18.9 Å². The lowest BCUT2D eigenvalue weighted by molar-refractivity contribution is -0.137. The summed E-state index contributed by atoms with van der Waals surface area (Å²) in [5.74, 6) is -1.91. The van der Waals surface area contributed by atoms with Gasteiger partial charge in [0.2, 0.25) is 0 Å². The third-order valence-corrected chi connectivity index (χ3v) is 3.65. The van der Waals surface area contributed by atoms with Crippen molar-refractivity contribution < 1.29 is 27.9 Å². The zero-order chi connectivity index (χ0) is 19.5. The number of hydrogen-bond acceptors (Lipinski definition) is 2. The lowest BCUT2D eigenvalue weighted by atomic mass is 10.1. The number of anilines is 1. The Morgan fingerprint density at radius 2 is 1.85 bits per heavy atom. The lowest BCUT2D eigenvalue weighted by Gasteiger charge is -2.10. The topological polar surface area (TPSA) is 66.4 Å². The van der Waals surface area contributed by atoms with E-state index in [9.17, 15) is 22.8 Å². The van der Waals surface area contributed by atoms with Gasteiger partial charge in [-0.2, -0.15) is 13.2 Å². The Bertz CT molecular complexity index is 891. The van der Waals surface area contributed by atoms with Gasteiger partial charge in [-0.1, -0.05) is 23.7 Å². The summed E-state index contributed by atoms with van der Waals surface area (Å²) in [7, 11) is 0. The zero-order valence-electron chi connectivity index (χ0n) is 13.4. The summed E-state index contributed by atoms with van der Waals surface area (Å²) < 4.78 is 38.2. The normalized spacial score (nSPS) is 12.0. The van der Waals surface area contributed by atoms with Gasteiger partial charge >= 0.3 is 12.1 Å². The van der Waals surface area contributed by atoms with E-state index in [-0.39, 0.29) is 27.4 Å². The van der Waals surface area contributed by atoms with E-state index in [1.54, 1.807) is 0 Å². The fraction of sp³-hybridized carbons (Fsp3) is 0.111. The first-order valence-electron chi connectivity index (χ1n) is 7.27. The van der Waals surface area contributed by atoms with Crippen LogP contribution in [0.15, 0.2) is 48.0 Å². The molecule has 4 nitrogen and oxygen atoms in total. The van der Waals surface area contributed by atoms with E-state index < -0.39 is 23.6 Å². The molecule has 0 unspecified atom stereocenters. The molecule has 8 heteroatoms. The van der Waals surface area contributed by atoms with E-state index in [1.807, 2.05) is 0 Å². The summed E-state index contributed by atoms with van der Waals surface area (Å²) in [4.78, 5) is 23.4. The van der Waals surface area contributed by atoms with Crippen LogP contribution in [-0.4, -0.2) is 17.0 Å². The van der Waals surface area contributed by atoms with Gasteiger partial charge in [-0.3, -0.25) is 4.79 Å². The van der Waals surface area contributed by atoms with Crippen LogP contribution in [0.1, 0.15) is 28.4 Å². The average Bonchev–Trinajstić information content (AvgIpc) is 2.54. The molecule has 26 heavy (non-hydrogen) atoms. The van der Waals surface area contributed by atoms with E-state index in [1.165, 1.54) is 43.3 Å². The molecular weight excluding hydrogens is 371 g/mol. The van der Waals surface area contributed by atoms with Crippen LogP contribution in [0.2, 0.25) is 5.02 Å². The number of nitrogens with one attached hydrogen (secondary N) is 1. The van der Waals surface area contributed by atoms with Crippen molar-refractivity contribution in [3.05, 3.63) is 69.8 Å². The average molecular weight is 384 g/mol. The number of hydrogen-bond donors (Lipinski definition) is 2. The second-order valence-corrected chi connectivity index (χ2v) is 5.84. The molecular formula is C18H13ClF3NO3. The molecule has 0 aliphatic heterocycles. The number of rotatable bonds is 4. The molecule has 136 valence electrons. The van der Waals surface area contributed by atoms with Gasteiger partial charge in [-0.25, -0.2) is 4.79 Å². The largest absolute Gasteiger partial charge is 0.478 e. The van der Waals surface area contributed by atoms with Crippen molar-refractivity contribution in [2.24, 2.45) is 0 Å². The standard InChI is InChI=1S/C18H13ClF3NO3/c1-10(7-11-3-2-4-12(8-11)18(20,21)22)16(24)23-15-9-13(19)5-6-14(15)17(25)26/h2-9H,1H3,(H,23,24)(H,25,26). The molecule has 0 radical (unpaired) electrons. The smallest absolute Gasteiger partial charge is 0.416 e. The molecule has 2 rings (SSSR count). The molecule has 0 heterocycles. The van der Waals surface area contributed by atoms with Crippen LogP contribution in [-0.2, 0) is 11.0 Å². The maximum Gasteiger partial charge on any atom is 0.416 e. The van der Waals surface area contributed by atoms with Gasteiger partial charge in [-0.05, 0) is 48.9 Å². The van der Waals surface area contributed by atoms with Gasteiger partial charge in [0.15, 0.2) is 0 Å². The maximum atomic E-state index is 12.7. The van der Waals surface area contributed by atoms with Crippen LogP contribution in [0, 0.1) is 0 Å². The lowest BCUT2D eigenvalue weighted by Crippen LogP contribution is -2.15.